The number of para-hydroxylation sites is 1. The smallest absolute Gasteiger partial charge is 0.273 e. The van der Waals surface area contributed by atoms with E-state index in [1.165, 1.54) is 23.1 Å². The highest BCUT2D eigenvalue weighted by Crippen LogP contribution is 2.29. The van der Waals surface area contributed by atoms with Crippen LogP contribution in [0, 0.1) is 10.1 Å². The second kappa shape index (κ2) is 7.04. The van der Waals surface area contributed by atoms with Crippen molar-refractivity contribution >= 4 is 22.3 Å². The summed E-state index contributed by atoms with van der Waals surface area (Å²) < 4.78 is 5.51. The standard InChI is InChI=1S/C18H19N3O3/c1-2-24-18-11-14(21(22)23)7-8-17(18)19-10-9-13-12-20-16-6-4-3-5-15(13)16/h3-8,11-12,19-20H,2,9-10H2,1H3. The maximum absolute atomic E-state index is 10.9. The van der Waals surface area contributed by atoms with Gasteiger partial charge < -0.3 is 15.0 Å². The highest BCUT2D eigenvalue weighted by Gasteiger charge is 2.12. The van der Waals surface area contributed by atoms with Gasteiger partial charge in [0.25, 0.3) is 5.69 Å². The Kier molecular flexibility index (Phi) is 4.65. The first-order chi connectivity index (χ1) is 11.7. The van der Waals surface area contributed by atoms with E-state index in [1.807, 2.05) is 25.3 Å². The minimum absolute atomic E-state index is 0.0284. The number of anilines is 1. The first-order valence-electron chi connectivity index (χ1n) is 7.89. The lowest BCUT2D eigenvalue weighted by Gasteiger charge is -2.12. The Morgan fingerprint density at radius 3 is 2.88 bits per heavy atom. The van der Waals surface area contributed by atoms with Crippen LogP contribution in [0.25, 0.3) is 10.9 Å². The normalized spacial score (nSPS) is 10.7. The average Bonchev–Trinajstić information content (AvgIpc) is 2.99. The summed E-state index contributed by atoms with van der Waals surface area (Å²) in [6, 6.07) is 12.8. The van der Waals surface area contributed by atoms with Crippen LogP contribution >= 0.6 is 0 Å². The van der Waals surface area contributed by atoms with Crippen LogP contribution in [-0.4, -0.2) is 23.1 Å². The van der Waals surface area contributed by atoms with Crippen LogP contribution in [0.2, 0.25) is 0 Å². The average molecular weight is 325 g/mol. The lowest BCUT2D eigenvalue weighted by molar-refractivity contribution is -0.384. The van der Waals surface area contributed by atoms with E-state index < -0.39 is 4.92 Å². The number of hydrogen-bond donors (Lipinski definition) is 2. The number of nitrogens with one attached hydrogen (secondary N) is 2. The molecule has 0 aliphatic rings. The Bertz CT molecular complexity index is 858. The van der Waals surface area contributed by atoms with Gasteiger partial charge in [0.15, 0.2) is 0 Å². The zero-order chi connectivity index (χ0) is 16.9. The lowest BCUT2D eigenvalue weighted by Crippen LogP contribution is -2.07. The molecule has 1 heterocycles. The molecule has 0 saturated heterocycles. The Labute approximate surface area is 139 Å². The molecule has 0 spiro atoms. The van der Waals surface area contributed by atoms with Gasteiger partial charge in [-0.15, -0.1) is 0 Å². The number of non-ortho nitro benzene ring substituents is 1. The van der Waals surface area contributed by atoms with E-state index in [2.05, 4.69) is 22.4 Å². The van der Waals surface area contributed by atoms with Crippen molar-refractivity contribution in [2.45, 2.75) is 13.3 Å². The van der Waals surface area contributed by atoms with Crippen molar-refractivity contribution in [1.82, 2.24) is 4.98 Å². The van der Waals surface area contributed by atoms with Gasteiger partial charge in [0.2, 0.25) is 0 Å². The second-order valence-corrected chi connectivity index (χ2v) is 5.41. The monoisotopic (exact) mass is 325 g/mol. The zero-order valence-corrected chi connectivity index (χ0v) is 13.4. The van der Waals surface area contributed by atoms with Gasteiger partial charge >= 0.3 is 0 Å². The number of nitro benzene ring substituents is 1. The number of fused-ring (bicyclic) bond motifs is 1. The lowest BCUT2D eigenvalue weighted by atomic mass is 10.1. The fraction of sp³-hybridized carbons (Fsp3) is 0.222. The fourth-order valence-electron chi connectivity index (χ4n) is 2.72. The summed E-state index contributed by atoms with van der Waals surface area (Å²) in [6.45, 7) is 3.02. The van der Waals surface area contributed by atoms with Gasteiger partial charge in [-0.25, -0.2) is 0 Å². The summed E-state index contributed by atoms with van der Waals surface area (Å²) in [6.07, 6.45) is 2.86. The van der Waals surface area contributed by atoms with E-state index in [0.717, 1.165) is 17.6 Å². The predicted molar refractivity (Wildman–Crippen MR) is 94.8 cm³/mol. The van der Waals surface area contributed by atoms with Crippen LogP contribution in [0.5, 0.6) is 5.75 Å². The molecule has 124 valence electrons. The summed E-state index contributed by atoms with van der Waals surface area (Å²) in [5.74, 6) is 0.505. The van der Waals surface area contributed by atoms with Crippen molar-refractivity contribution in [2.24, 2.45) is 0 Å². The van der Waals surface area contributed by atoms with Crippen LogP contribution in [0.4, 0.5) is 11.4 Å². The van der Waals surface area contributed by atoms with Crippen molar-refractivity contribution < 1.29 is 9.66 Å². The molecule has 0 aliphatic heterocycles. The summed E-state index contributed by atoms with van der Waals surface area (Å²) in [4.78, 5) is 13.7. The SMILES string of the molecule is CCOc1cc([N+](=O)[O-])ccc1NCCc1c[nH]c2ccccc12. The molecule has 1 aromatic heterocycles. The number of nitro groups is 1. The molecular weight excluding hydrogens is 306 g/mol. The number of rotatable bonds is 7. The first kappa shape index (κ1) is 15.9. The maximum Gasteiger partial charge on any atom is 0.273 e. The van der Waals surface area contributed by atoms with Crippen molar-refractivity contribution in [1.29, 1.82) is 0 Å². The van der Waals surface area contributed by atoms with Crippen molar-refractivity contribution in [3.63, 3.8) is 0 Å². The molecule has 3 aromatic rings. The maximum atomic E-state index is 10.9. The van der Waals surface area contributed by atoms with Crippen LogP contribution in [0.15, 0.2) is 48.7 Å². The number of ether oxygens (including phenoxy) is 1. The van der Waals surface area contributed by atoms with Crippen LogP contribution in [0.3, 0.4) is 0 Å². The highest BCUT2D eigenvalue weighted by atomic mass is 16.6. The highest BCUT2D eigenvalue weighted by molar-refractivity contribution is 5.83. The molecule has 2 aromatic carbocycles. The minimum Gasteiger partial charge on any atom is -0.491 e. The number of aromatic amines is 1. The Morgan fingerprint density at radius 2 is 2.08 bits per heavy atom. The van der Waals surface area contributed by atoms with Crippen molar-refractivity contribution in [3.05, 3.63) is 64.3 Å². The first-order valence-corrected chi connectivity index (χ1v) is 7.89. The van der Waals surface area contributed by atoms with E-state index in [9.17, 15) is 10.1 Å². The summed E-state index contributed by atoms with van der Waals surface area (Å²) in [5, 5.41) is 15.4. The van der Waals surface area contributed by atoms with Gasteiger partial charge in [-0.3, -0.25) is 10.1 Å². The summed E-state index contributed by atoms with van der Waals surface area (Å²) in [5.41, 5.74) is 3.15. The number of aromatic nitrogens is 1. The minimum atomic E-state index is -0.418. The molecule has 0 bridgehead atoms. The van der Waals surface area contributed by atoms with Gasteiger partial charge in [-0.2, -0.15) is 0 Å². The number of hydrogen-bond acceptors (Lipinski definition) is 4. The van der Waals surface area contributed by atoms with E-state index in [4.69, 9.17) is 4.74 Å². The Morgan fingerprint density at radius 1 is 1.25 bits per heavy atom. The summed E-state index contributed by atoms with van der Waals surface area (Å²) >= 11 is 0. The molecule has 0 radical (unpaired) electrons. The van der Waals surface area contributed by atoms with Gasteiger partial charge in [-0.1, -0.05) is 18.2 Å². The topological polar surface area (TPSA) is 80.2 Å². The van der Waals surface area contributed by atoms with E-state index in [0.29, 0.717) is 18.9 Å². The third-order valence-corrected chi connectivity index (χ3v) is 3.86. The quantitative estimate of drug-likeness (QED) is 0.505. The third-order valence-electron chi connectivity index (χ3n) is 3.86. The number of nitrogens with zero attached hydrogens (tertiary/aromatic N) is 1. The molecule has 6 heteroatoms. The molecule has 24 heavy (non-hydrogen) atoms. The summed E-state index contributed by atoms with van der Waals surface area (Å²) in [7, 11) is 0. The zero-order valence-electron chi connectivity index (χ0n) is 13.4. The molecule has 0 unspecified atom stereocenters. The van der Waals surface area contributed by atoms with Crippen molar-refractivity contribution in [2.75, 3.05) is 18.5 Å². The number of benzene rings is 2. The van der Waals surface area contributed by atoms with Crippen LogP contribution in [-0.2, 0) is 6.42 Å². The largest absolute Gasteiger partial charge is 0.491 e. The fourth-order valence-corrected chi connectivity index (χ4v) is 2.72. The third kappa shape index (κ3) is 3.32. The molecule has 0 fully saturated rings. The van der Waals surface area contributed by atoms with Gasteiger partial charge in [0.1, 0.15) is 5.75 Å². The predicted octanol–water partition coefficient (Wildman–Crippen LogP) is 4.13. The Balaban J connectivity index is 1.71. The van der Waals surface area contributed by atoms with Crippen molar-refractivity contribution in [3.8, 4) is 5.75 Å². The molecular formula is C18H19N3O3. The molecule has 3 rings (SSSR count). The van der Waals surface area contributed by atoms with Gasteiger partial charge in [0.05, 0.1) is 23.3 Å². The molecule has 2 N–H and O–H groups in total. The molecule has 0 saturated carbocycles. The van der Waals surface area contributed by atoms with E-state index >= 15 is 0 Å². The van der Waals surface area contributed by atoms with E-state index in [1.54, 1.807) is 6.07 Å². The van der Waals surface area contributed by atoms with Gasteiger partial charge in [-0.05, 0) is 31.0 Å². The van der Waals surface area contributed by atoms with E-state index in [-0.39, 0.29) is 5.69 Å². The molecule has 0 aliphatic carbocycles. The molecule has 6 nitrogen and oxygen atoms in total. The molecule has 0 atom stereocenters. The second-order valence-electron chi connectivity index (χ2n) is 5.41. The number of H-pyrrole nitrogens is 1. The Hall–Kier alpha value is -3.02. The van der Waals surface area contributed by atoms with Gasteiger partial charge in [0, 0.05) is 29.7 Å². The van der Waals surface area contributed by atoms with Crippen LogP contribution in [0.1, 0.15) is 12.5 Å². The molecule has 0 amide bonds. The van der Waals surface area contributed by atoms with Crippen LogP contribution < -0.4 is 10.1 Å².